The summed E-state index contributed by atoms with van der Waals surface area (Å²) < 4.78 is 5.09. The minimum absolute atomic E-state index is 0.212. The molecule has 3 aromatic heterocycles. The molecule has 0 bridgehead atoms. The van der Waals surface area contributed by atoms with E-state index < -0.39 is 0 Å². The fourth-order valence-corrected chi connectivity index (χ4v) is 4.57. The van der Waals surface area contributed by atoms with Crippen molar-refractivity contribution in [1.29, 1.82) is 0 Å². The first-order valence-corrected chi connectivity index (χ1v) is 9.55. The first kappa shape index (κ1) is 15.6. The van der Waals surface area contributed by atoms with Crippen molar-refractivity contribution in [2.24, 2.45) is 13.0 Å². The SMILES string of the molecule is Cn1c(=O)c2cc(Cn3cnc4ccccc43)sc2n(CC2CC2)c1=O. The zero-order chi connectivity index (χ0) is 17.8. The van der Waals surface area contributed by atoms with E-state index in [0.29, 0.717) is 24.4 Å². The standard InChI is InChI=1S/C19H18N4O2S/c1-21-17(24)14-8-13(10-22-11-20-15-4-2-3-5-16(15)22)26-18(14)23(19(21)25)9-12-6-7-12/h2-5,8,11-12H,6-7,9-10H2,1H3. The molecule has 0 N–H and O–H groups in total. The van der Waals surface area contributed by atoms with Gasteiger partial charge in [0.05, 0.1) is 29.3 Å². The summed E-state index contributed by atoms with van der Waals surface area (Å²) in [6, 6.07) is 9.92. The third-order valence-electron chi connectivity index (χ3n) is 5.05. The fraction of sp³-hybridized carbons (Fsp3) is 0.316. The van der Waals surface area contributed by atoms with Gasteiger partial charge in [0.1, 0.15) is 4.83 Å². The van der Waals surface area contributed by atoms with Gasteiger partial charge in [0.25, 0.3) is 5.56 Å². The van der Waals surface area contributed by atoms with E-state index in [1.54, 1.807) is 11.6 Å². The summed E-state index contributed by atoms with van der Waals surface area (Å²) in [5.74, 6) is 0.566. The van der Waals surface area contributed by atoms with Crippen LogP contribution in [0.4, 0.5) is 0 Å². The van der Waals surface area contributed by atoms with Crippen LogP contribution in [0.25, 0.3) is 21.3 Å². The van der Waals surface area contributed by atoms with Gasteiger partial charge in [-0.3, -0.25) is 13.9 Å². The maximum Gasteiger partial charge on any atom is 0.331 e. The molecule has 4 aromatic rings. The summed E-state index contributed by atoms with van der Waals surface area (Å²) in [4.78, 5) is 31.4. The zero-order valence-corrected chi connectivity index (χ0v) is 15.2. The number of benzene rings is 1. The largest absolute Gasteiger partial charge is 0.331 e. The molecule has 1 aromatic carbocycles. The van der Waals surface area contributed by atoms with E-state index in [0.717, 1.165) is 33.6 Å². The molecule has 0 saturated heterocycles. The number of hydrogen-bond donors (Lipinski definition) is 0. The molecular weight excluding hydrogens is 348 g/mol. The maximum absolute atomic E-state index is 12.6. The van der Waals surface area contributed by atoms with Gasteiger partial charge in [-0.1, -0.05) is 12.1 Å². The summed E-state index contributed by atoms with van der Waals surface area (Å²) in [6.45, 7) is 1.35. The Morgan fingerprint density at radius 2 is 2.04 bits per heavy atom. The second-order valence-electron chi connectivity index (χ2n) is 6.99. The first-order chi connectivity index (χ1) is 12.6. The molecule has 0 unspecified atom stereocenters. The molecular formula is C19H18N4O2S. The number of fused-ring (bicyclic) bond motifs is 2. The predicted octanol–water partition coefficient (Wildman–Crippen LogP) is 2.57. The minimum Gasteiger partial charge on any atom is -0.325 e. The smallest absolute Gasteiger partial charge is 0.325 e. The van der Waals surface area contributed by atoms with Crippen LogP contribution in [0.15, 0.2) is 46.2 Å². The van der Waals surface area contributed by atoms with Crippen LogP contribution in [-0.2, 0) is 20.1 Å². The van der Waals surface area contributed by atoms with Crippen LogP contribution in [0.3, 0.4) is 0 Å². The van der Waals surface area contributed by atoms with Gasteiger partial charge in [-0.25, -0.2) is 9.78 Å². The average molecular weight is 366 g/mol. The van der Waals surface area contributed by atoms with Gasteiger partial charge >= 0.3 is 5.69 Å². The summed E-state index contributed by atoms with van der Waals surface area (Å²) in [5, 5.41) is 0.636. The summed E-state index contributed by atoms with van der Waals surface area (Å²) in [5.41, 5.74) is 1.59. The monoisotopic (exact) mass is 366 g/mol. The van der Waals surface area contributed by atoms with Crippen molar-refractivity contribution in [3.8, 4) is 0 Å². The van der Waals surface area contributed by atoms with Crippen molar-refractivity contribution in [3.63, 3.8) is 0 Å². The molecule has 3 heterocycles. The number of thiophene rings is 1. The molecule has 26 heavy (non-hydrogen) atoms. The lowest BCUT2D eigenvalue weighted by atomic mass is 10.3. The fourth-order valence-electron chi connectivity index (χ4n) is 3.42. The van der Waals surface area contributed by atoms with Crippen molar-refractivity contribution >= 4 is 32.6 Å². The summed E-state index contributed by atoms with van der Waals surface area (Å²) in [6.07, 6.45) is 4.15. The predicted molar refractivity (Wildman–Crippen MR) is 103 cm³/mol. The molecule has 1 saturated carbocycles. The molecule has 0 spiro atoms. The second-order valence-corrected chi connectivity index (χ2v) is 8.11. The maximum atomic E-state index is 12.6. The van der Waals surface area contributed by atoms with Crippen molar-refractivity contribution in [3.05, 3.63) is 62.4 Å². The Labute approximate surface area is 152 Å². The molecule has 5 rings (SSSR count). The Bertz CT molecular complexity index is 1260. The van der Waals surface area contributed by atoms with Crippen LogP contribution in [-0.4, -0.2) is 18.7 Å². The zero-order valence-electron chi connectivity index (χ0n) is 14.4. The van der Waals surface area contributed by atoms with Crippen LogP contribution in [0.5, 0.6) is 0 Å². The van der Waals surface area contributed by atoms with E-state index >= 15 is 0 Å². The van der Waals surface area contributed by atoms with Gasteiger partial charge in [0.15, 0.2) is 0 Å². The summed E-state index contributed by atoms with van der Waals surface area (Å²) in [7, 11) is 1.56. The van der Waals surface area contributed by atoms with Gasteiger partial charge in [0, 0.05) is 18.5 Å². The Kier molecular flexibility index (Phi) is 3.40. The number of rotatable bonds is 4. The number of hydrogen-bond acceptors (Lipinski definition) is 4. The average Bonchev–Trinajstić information content (AvgIpc) is 3.24. The van der Waals surface area contributed by atoms with Crippen molar-refractivity contribution < 1.29 is 0 Å². The molecule has 1 aliphatic carbocycles. The Hall–Kier alpha value is -2.67. The lowest BCUT2D eigenvalue weighted by Gasteiger charge is -2.08. The Balaban J connectivity index is 1.64. The van der Waals surface area contributed by atoms with Crippen LogP contribution >= 0.6 is 11.3 Å². The molecule has 7 heteroatoms. The molecule has 0 aliphatic heterocycles. The van der Waals surface area contributed by atoms with Crippen molar-refractivity contribution in [2.45, 2.75) is 25.9 Å². The second kappa shape index (κ2) is 5.67. The van der Waals surface area contributed by atoms with Crippen LogP contribution < -0.4 is 11.2 Å². The molecule has 6 nitrogen and oxygen atoms in total. The van der Waals surface area contributed by atoms with Crippen LogP contribution in [0, 0.1) is 5.92 Å². The van der Waals surface area contributed by atoms with E-state index in [-0.39, 0.29) is 11.2 Å². The quantitative estimate of drug-likeness (QED) is 0.558. The molecule has 1 fully saturated rings. The van der Waals surface area contributed by atoms with E-state index in [1.807, 2.05) is 36.7 Å². The van der Waals surface area contributed by atoms with Crippen molar-refractivity contribution in [1.82, 2.24) is 18.7 Å². The van der Waals surface area contributed by atoms with Gasteiger partial charge in [-0.05, 0) is 37.0 Å². The van der Waals surface area contributed by atoms with Crippen LogP contribution in [0.1, 0.15) is 17.7 Å². The third kappa shape index (κ3) is 2.42. The molecule has 1 aliphatic rings. The van der Waals surface area contributed by atoms with E-state index in [4.69, 9.17) is 0 Å². The van der Waals surface area contributed by atoms with E-state index in [1.165, 1.54) is 15.9 Å². The number of aromatic nitrogens is 4. The lowest BCUT2D eigenvalue weighted by Crippen LogP contribution is -2.37. The van der Waals surface area contributed by atoms with Gasteiger partial charge in [0.2, 0.25) is 0 Å². The van der Waals surface area contributed by atoms with Gasteiger partial charge < -0.3 is 4.57 Å². The van der Waals surface area contributed by atoms with Crippen molar-refractivity contribution in [2.75, 3.05) is 0 Å². The Morgan fingerprint density at radius 1 is 1.23 bits per heavy atom. The highest BCUT2D eigenvalue weighted by atomic mass is 32.1. The summed E-state index contributed by atoms with van der Waals surface area (Å²) >= 11 is 1.54. The highest BCUT2D eigenvalue weighted by Gasteiger charge is 2.25. The lowest BCUT2D eigenvalue weighted by molar-refractivity contribution is 0.584. The minimum atomic E-state index is -0.213. The molecule has 132 valence electrons. The van der Waals surface area contributed by atoms with E-state index in [2.05, 4.69) is 9.55 Å². The topological polar surface area (TPSA) is 61.8 Å². The highest BCUT2D eigenvalue weighted by Crippen LogP contribution is 2.32. The molecule has 0 radical (unpaired) electrons. The number of nitrogens with zero attached hydrogens (tertiary/aromatic N) is 4. The third-order valence-corrected chi connectivity index (χ3v) is 6.20. The number of para-hydroxylation sites is 2. The molecule has 0 atom stereocenters. The highest BCUT2D eigenvalue weighted by molar-refractivity contribution is 7.18. The normalized spacial score (nSPS) is 14.5. The van der Waals surface area contributed by atoms with E-state index in [9.17, 15) is 9.59 Å². The van der Waals surface area contributed by atoms with Gasteiger partial charge in [-0.2, -0.15) is 0 Å². The Morgan fingerprint density at radius 3 is 2.85 bits per heavy atom. The molecule has 0 amide bonds. The van der Waals surface area contributed by atoms with Crippen LogP contribution in [0.2, 0.25) is 0 Å². The first-order valence-electron chi connectivity index (χ1n) is 8.74. The van der Waals surface area contributed by atoms with Gasteiger partial charge in [-0.15, -0.1) is 11.3 Å². The number of imidazole rings is 1.